The molecular formula is C18H17N3O2. The first-order chi connectivity index (χ1) is 11.2. The third-order valence-electron chi connectivity index (χ3n) is 3.66. The highest BCUT2D eigenvalue weighted by Gasteiger charge is 2.09. The van der Waals surface area contributed by atoms with Gasteiger partial charge in [-0.1, -0.05) is 24.3 Å². The van der Waals surface area contributed by atoms with Crippen LogP contribution >= 0.6 is 0 Å². The molecular weight excluding hydrogens is 290 g/mol. The Morgan fingerprint density at radius 2 is 2.09 bits per heavy atom. The fourth-order valence-electron chi connectivity index (χ4n) is 2.49. The number of hydrogen-bond acceptors (Lipinski definition) is 4. The van der Waals surface area contributed by atoms with Gasteiger partial charge in [-0.2, -0.15) is 5.10 Å². The molecule has 5 heteroatoms. The zero-order chi connectivity index (χ0) is 16.2. The van der Waals surface area contributed by atoms with Gasteiger partial charge < -0.3 is 4.74 Å². The van der Waals surface area contributed by atoms with Gasteiger partial charge in [0.2, 0.25) is 0 Å². The Hall–Kier alpha value is -2.95. The van der Waals surface area contributed by atoms with E-state index in [-0.39, 0.29) is 5.78 Å². The molecule has 0 aliphatic heterocycles. The van der Waals surface area contributed by atoms with Crippen molar-refractivity contribution in [3.63, 3.8) is 0 Å². The van der Waals surface area contributed by atoms with Gasteiger partial charge in [0.05, 0.1) is 13.7 Å². The molecule has 0 fully saturated rings. The largest absolute Gasteiger partial charge is 0.496 e. The number of benzene rings is 2. The zero-order valence-electron chi connectivity index (χ0n) is 13.1. The van der Waals surface area contributed by atoms with Crippen LogP contribution in [0.3, 0.4) is 0 Å². The summed E-state index contributed by atoms with van der Waals surface area (Å²) in [6.07, 6.45) is 3.20. The van der Waals surface area contributed by atoms with Gasteiger partial charge in [0.25, 0.3) is 0 Å². The highest BCUT2D eigenvalue weighted by Crippen LogP contribution is 2.31. The van der Waals surface area contributed by atoms with E-state index < -0.39 is 0 Å². The molecule has 0 aliphatic carbocycles. The maximum absolute atomic E-state index is 11.6. The third-order valence-corrected chi connectivity index (χ3v) is 3.66. The summed E-state index contributed by atoms with van der Waals surface area (Å²) in [7, 11) is 1.64. The number of rotatable bonds is 5. The normalized spacial score (nSPS) is 10.5. The van der Waals surface area contributed by atoms with Crippen LogP contribution in [0.1, 0.15) is 22.8 Å². The lowest BCUT2D eigenvalue weighted by Crippen LogP contribution is -2.01. The van der Waals surface area contributed by atoms with Crippen molar-refractivity contribution in [3.8, 4) is 16.9 Å². The van der Waals surface area contributed by atoms with Crippen LogP contribution in [0.4, 0.5) is 0 Å². The number of nitrogens with zero attached hydrogens (tertiary/aromatic N) is 3. The van der Waals surface area contributed by atoms with Crippen LogP contribution in [0.25, 0.3) is 11.1 Å². The van der Waals surface area contributed by atoms with Crippen LogP contribution in [0, 0.1) is 0 Å². The van der Waals surface area contributed by atoms with E-state index in [9.17, 15) is 4.79 Å². The van der Waals surface area contributed by atoms with E-state index in [1.807, 2.05) is 36.4 Å². The van der Waals surface area contributed by atoms with E-state index in [0.717, 1.165) is 22.4 Å². The first kappa shape index (κ1) is 15.0. The fraction of sp³-hybridized carbons (Fsp3) is 0.167. The monoisotopic (exact) mass is 307 g/mol. The molecule has 0 N–H and O–H groups in total. The number of carbonyl (C=O) groups excluding carboxylic acids is 1. The topological polar surface area (TPSA) is 57.0 Å². The Kier molecular flexibility index (Phi) is 4.19. The van der Waals surface area contributed by atoms with Crippen LogP contribution in [0.2, 0.25) is 0 Å². The Morgan fingerprint density at radius 3 is 2.78 bits per heavy atom. The van der Waals surface area contributed by atoms with E-state index in [2.05, 4.69) is 16.1 Å². The Bertz CT molecular complexity index is 826. The summed E-state index contributed by atoms with van der Waals surface area (Å²) in [4.78, 5) is 15.6. The number of methoxy groups -OCH3 is 1. The van der Waals surface area contributed by atoms with Gasteiger partial charge in [0, 0.05) is 11.1 Å². The van der Waals surface area contributed by atoms with Crippen molar-refractivity contribution in [2.75, 3.05) is 7.11 Å². The van der Waals surface area contributed by atoms with E-state index >= 15 is 0 Å². The first-order valence-corrected chi connectivity index (χ1v) is 7.28. The second-order valence-electron chi connectivity index (χ2n) is 5.26. The van der Waals surface area contributed by atoms with Gasteiger partial charge in [-0.25, -0.2) is 9.67 Å². The molecule has 0 amide bonds. The fourth-order valence-corrected chi connectivity index (χ4v) is 2.49. The van der Waals surface area contributed by atoms with Gasteiger partial charge in [-0.15, -0.1) is 0 Å². The average Bonchev–Trinajstić information content (AvgIpc) is 3.08. The van der Waals surface area contributed by atoms with Gasteiger partial charge in [-0.3, -0.25) is 4.79 Å². The number of aromatic nitrogens is 3. The standard InChI is InChI=1S/C18H17N3O2/c1-13(22)15-4-3-5-16(9-15)17-8-14(6-7-18(17)23-2)10-21-12-19-11-20-21/h3-9,11-12H,10H2,1-2H3. The summed E-state index contributed by atoms with van der Waals surface area (Å²) in [5.41, 5.74) is 3.67. The minimum Gasteiger partial charge on any atom is -0.496 e. The summed E-state index contributed by atoms with van der Waals surface area (Å²) >= 11 is 0. The lowest BCUT2D eigenvalue weighted by molar-refractivity contribution is 0.101. The van der Waals surface area contributed by atoms with Crippen molar-refractivity contribution in [1.82, 2.24) is 14.8 Å². The van der Waals surface area contributed by atoms with Crippen LogP contribution < -0.4 is 4.74 Å². The minimum atomic E-state index is 0.0459. The summed E-state index contributed by atoms with van der Waals surface area (Å²) in [5, 5.41) is 4.12. The molecule has 0 saturated carbocycles. The van der Waals surface area contributed by atoms with E-state index in [1.54, 1.807) is 25.0 Å². The molecule has 2 aromatic carbocycles. The maximum atomic E-state index is 11.6. The van der Waals surface area contributed by atoms with Crippen molar-refractivity contribution in [3.05, 3.63) is 66.2 Å². The second-order valence-corrected chi connectivity index (χ2v) is 5.26. The number of carbonyl (C=O) groups is 1. The molecule has 0 radical (unpaired) electrons. The molecule has 0 saturated heterocycles. The molecule has 0 bridgehead atoms. The maximum Gasteiger partial charge on any atom is 0.159 e. The quantitative estimate of drug-likeness (QED) is 0.679. The van der Waals surface area contributed by atoms with E-state index in [0.29, 0.717) is 12.1 Å². The Labute approximate surface area is 134 Å². The molecule has 116 valence electrons. The van der Waals surface area contributed by atoms with Crippen molar-refractivity contribution in [2.45, 2.75) is 13.5 Å². The molecule has 0 spiro atoms. The molecule has 3 rings (SSSR count). The minimum absolute atomic E-state index is 0.0459. The average molecular weight is 307 g/mol. The van der Waals surface area contributed by atoms with E-state index in [1.165, 1.54) is 6.33 Å². The lowest BCUT2D eigenvalue weighted by atomic mass is 9.99. The number of hydrogen-bond donors (Lipinski definition) is 0. The molecule has 5 nitrogen and oxygen atoms in total. The van der Waals surface area contributed by atoms with Crippen molar-refractivity contribution in [2.24, 2.45) is 0 Å². The van der Waals surface area contributed by atoms with Crippen LogP contribution in [-0.2, 0) is 6.54 Å². The zero-order valence-corrected chi connectivity index (χ0v) is 13.1. The molecule has 0 atom stereocenters. The van der Waals surface area contributed by atoms with Gasteiger partial charge in [0.15, 0.2) is 5.78 Å². The summed E-state index contributed by atoms with van der Waals surface area (Å²) in [6.45, 7) is 2.20. The van der Waals surface area contributed by atoms with Crippen LogP contribution in [-0.4, -0.2) is 27.7 Å². The highest BCUT2D eigenvalue weighted by molar-refractivity contribution is 5.95. The number of ketones is 1. The van der Waals surface area contributed by atoms with Crippen molar-refractivity contribution in [1.29, 1.82) is 0 Å². The Morgan fingerprint density at radius 1 is 1.22 bits per heavy atom. The predicted octanol–water partition coefficient (Wildman–Crippen LogP) is 3.20. The van der Waals surface area contributed by atoms with E-state index in [4.69, 9.17) is 4.74 Å². The van der Waals surface area contributed by atoms with Gasteiger partial charge in [0.1, 0.15) is 18.4 Å². The molecule has 23 heavy (non-hydrogen) atoms. The van der Waals surface area contributed by atoms with Crippen LogP contribution in [0.15, 0.2) is 55.1 Å². The Balaban J connectivity index is 2.02. The summed E-state index contributed by atoms with van der Waals surface area (Å²) in [6, 6.07) is 13.6. The summed E-state index contributed by atoms with van der Waals surface area (Å²) in [5.74, 6) is 0.817. The first-order valence-electron chi connectivity index (χ1n) is 7.28. The summed E-state index contributed by atoms with van der Waals surface area (Å²) < 4.78 is 7.23. The van der Waals surface area contributed by atoms with Gasteiger partial charge >= 0.3 is 0 Å². The lowest BCUT2D eigenvalue weighted by Gasteiger charge is -2.12. The van der Waals surface area contributed by atoms with Crippen molar-refractivity contribution >= 4 is 5.78 Å². The highest BCUT2D eigenvalue weighted by atomic mass is 16.5. The van der Waals surface area contributed by atoms with Gasteiger partial charge in [-0.05, 0) is 36.2 Å². The molecule has 0 aliphatic rings. The smallest absolute Gasteiger partial charge is 0.159 e. The molecule has 1 heterocycles. The third kappa shape index (κ3) is 3.29. The number of ether oxygens (including phenoxy) is 1. The molecule has 3 aromatic rings. The second kappa shape index (κ2) is 6.44. The molecule has 0 unspecified atom stereocenters. The van der Waals surface area contributed by atoms with Crippen LogP contribution in [0.5, 0.6) is 5.75 Å². The molecule has 1 aromatic heterocycles. The SMILES string of the molecule is COc1ccc(Cn2cncn2)cc1-c1cccc(C(C)=O)c1. The predicted molar refractivity (Wildman–Crippen MR) is 87.6 cm³/mol. The van der Waals surface area contributed by atoms with Crippen molar-refractivity contribution < 1.29 is 9.53 Å². The number of Topliss-reactive ketones (excluding diaryl/α,β-unsaturated/α-hetero) is 1.